The fourth-order valence-electron chi connectivity index (χ4n) is 2.83. The molecule has 1 aromatic carbocycles. The summed E-state index contributed by atoms with van der Waals surface area (Å²) in [5, 5.41) is 0.989. The van der Waals surface area contributed by atoms with Gasteiger partial charge in [-0.2, -0.15) is 0 Å². The van der Waals surface area contributed by atoms with Crippen LogP contribution in [-0.2, 0) is 0 Å². The van der Waals surface area contributed by atoms with Crippen LogP contribution < -0.4 is 0 Å². The summed E-state index contributed by atoms with van der Waals surface area (Å²) in [6.07, 6.45) is 6.77. The SMILES string of the molecule is Clc1cccc2c1C1CC=CC(C1)C2Cl. The minimum absolute atomic E-state index is 0.103. The van der Waals surface area contributed by atoms with E-state index in [0.717, 1.165) is 17.9 Å². The topological polar surface area (TPSA) is 0 Å². The van der Waals surface area contributed by atoms with E-state index < -0.39 is 0 Å². The van der Waals surface area contributed by atoms with Crippen LogP contribution in [0.5, 0.6) is 0 Å². The zero-order chi connectivity index (χ0) is 10.4. The lowest BCUT2D eigenvalue weighted by Gasteiger charge is -2.36. The Morgan fingerprint density at radius 3 is 3.00 bits per heavy atom. The first-order valence-electron chi connectivity index (χ1n) is 5.36. The molecule has 0 saturated heterocycles. The van der Waals surface area contributed by atoms with Crippen molar-refractivity contribution in [1.82, 2.24) is 0 Å². The van der Waals surface area contributed by atoms with E-state index in [1.807, 2.05) is 12.1 Å². The maximum absolute atomic E-state index is 6.47. The van der Waals surface area contributed by atoms with E-state index in [4.69, 9.17) is 23.2 Å². The van der Waals surface area contributed by atoms with Gasteiger partial charge in [0.2, 0.25) is 0 Å². The van der Waals surface area contributed by atoms with Crippen LogP contribution in [0.1, 0.15) is 35.3 Å². The Balaban J connectivity index is 2.19. The second-order valence-electron chi connectivity index (χ2n) is 4.40. The van der Waals surface area contributed by atoms with Crippen molar-refractivity contribution < 1.29 is 0 Å². The zero-order valence-electron chi connectivity index (χ0n) is 8.29. The van der Waals surface area contributed by atoms with Crippen LogP contribution in [0.2, 0.25) is 5.02 Å². The molecule has 0 aromatic heterocycles. The highest BCUT2D eigenvalue weighted by Gasteiger charge is 2.35. The van der Waals surface area contributed by atoms with E-state index in [9.17, 15) is 0 Å². The molecular weight excluding hydrogens is 227 g/mol. The Hall–Kier alpha value is -0.460. The molecule has 2 heteroatoms. The molecule has 0 fully saturated rings. The summed E-state index contributed by atoms with van der Waals surface area (Å²) in [5.41, 5.74) is 2.54. The second-order valence-corrected chi connectivity index (χ2v) is 5.28. The van der Waals surface area contributed by atoms with Gasteiger partial charge in [0.1, 0.15) is 0 Å². The average molecular weight is 239 g/mol. The van der Waals surface area contributed by atoms with Crippen molar-refractivity contribution in [2.45, 2.75) is 24.1 Å². The first kappa shape index (κ1) is 9.74. The summed E-state index contributed by atoms with van der Waals surface area (Å²) in [7, 11) is 0. The molecule has 0 radical (unpaired) electrons. The number of fused-ring (bicyclic) bond motifs is 4. The van der Waals surface area contributed by atoms with Crippen molar-refractivity contribution in [2.24, 2.45) is 5.92 Å². The summed E-state index contributed by atoms with van der Waals surface area (Å²) in [4.78, 5) is 0. The van der Waals surface area contributed by atoms with Gasteiger partial charge in [0.15, 0.2) is 0 Å². The third-order valence-corrected chi connectivity index (χ3v) is 4.42. The summed E-state index contributed by atoms with van der Waals surface area (Å²) in [6, 6.07) is 6.10. The first-order chi connectivity index (χ1) is 7.27. The Bertz CT molecular complexity index is 423. The smallest absolute Gasteiger partial charge is 0.0651 e. The van der Waals surface area contributed by atoms with Gasteiger partial charge in [-0.05, 0) is 41.9 Å². The number of halogens is 2. The molecule has 0 N–H and O–H groups in total. The number of alkyl halides is 1. The number of hydrogen-bond acceptors (Lipinski definition) is 0. The number of rotatable bonds is 0. The highest BCUT2D eigenvalue weighted by atomic mass is 35.5. The number of benzene rings is 1. The quantitative estimate of drug-likeness (QED) is 0.455. The monoisotopic (exact) mass is 238 g/mol. The highest BCUT2D eigenvalue weighted by molar-refractivity contribution is 6.31. The van der Waals surface area contributed by atoms with Crippen LogP contribution in [0.4, 0.5) is 0 Å². The van der Waals surface area contributed by atoms with E-state index >= 15 is 0 Å². The molecule has 2 bridgehead atoms. The number of allylic oxidation sites excluding steroid dienone is 2. The van der Waals surface area contributed by atoms with Gasteiger partial charge in [0.05, 0.1) is 5.38 Å². The normalized spacial score (nSPS) is 32.5. The number of hydrogen-bond donors (Lipinski definition) is 0. The molecule has 2 aliphatic carbocycles. The van der Waals surface area contributed by atoms with Gasteiger partial charge in [0.25, 0.3) is 0 Å². The third-order valence-electron chi connectivity index (χ3n) is 3.53. The fraction of sp³-hybridized carbons (Fsp3) is 0.385. The lowest BCUT2D eigenvalue weighted by atomic mass is 9.72. The molecule has 1 aromatic rings. The summed E-state index contributed by atoms with van der Waals surface area (Å²) in [6.45, 7) is 0. The third kappa shape index (κ3) is 1.43. The molecule has 0 aliphatic heterocycles. The molecule has 0 nitrogen and oxygen atoms in total. The van der Waals surface area contributed by atoms with Crippen molar-refractivity contribution in [1.29, 1.82) is 0 Å². The van der Waals surface area contributed by atoms with E-state index in [1.165, 1.54) is 11.1 Å². The largest absolute Gasteiger partial charge is 0.117 e. The first-order valence-corrected chi connectivity index (χ1v) is 6.18. The maximum atomic E-state index is 6.47. The van der Waals surface area contributed by atoms with Crippen molar-refractivity contribution in [2.75, 3.05) is 0 Å². The van der Waals surface area contributed by atoms with Crippen LogP contribution in [0.25, 0.3) is 0 Å². The molecule has 0 saturated carbocycles. The van der Waals surface area contributed by atoms with E-state index in [1.54, 1.807) is 0 Å². The fourth-order valence-corrected chi connectivity index (χ4v) is 3.54. The van der Waals surface area contributed by atoms with Crippen LogP contribution >= 0.6 is 23.2 Å². The van der Waals surface area contributed by atoms with Gasteiger partial charge in [-0.25, -0.2) is 0 Å². The predicted molar refractivity (Wildman–Crippen MR) is 64.7 cm³/mol. The Morgan fingerprint density at radius 1 is 1.27 bits per heavy atom. The molecular formula is C13H12Cl2. The van der Waals surface area contributed by atoms with Gasteiger partial charge in [-0.1, -0.05) is 35.9 Å². The van der Waals surface area contributed by atoms with E-state index in [0.29, 0.717) is 11.8 Å². The Labute approximate surface area is 99.9 Å². The molecule has 3 rings (SSSR count). The lowest BCUT2D eigenvalue weighted by Crippen LogP contribution is -2.22. The summed E-state index contributed by atoms with van der Waals surface area (Å²) >= 11 is 12.7. The maximum Gasteiger partial charge on any atom is 0.0651 e. The van der Waals surface area contributed by atoms with Crippen LogP contribution in [-0.4, -0.2) is 0 Å². The second kappa shape index (κ2) is 3.54. The Kier molecular flexibility index (Phi) is 2.30. The average Bonchev–Trinajstić information content (AvgIpc) is 2.26. The van der Waals surface area contributed by atoms with Gasteiger partial charge in [-0.15, -0.1) is 11.6 Å². The lowest BCUT2D eigenvalue weighted by molar-refractivity contribution is 0.439. The molecule has 3 unspecified atom stereocenters. The molecule has 78 valence electrons. The molecule has 0 amide bonds. The standard InChI is InChI=1S/C13H12Cl2/c14-11-6-2-5-10-12(11)8-3-1-4-9(7-8)13(10)15/h1-2,4-6,8-9,13H,3,7H2. The van der Waals surface area contributed by atoms with Gasteiger partial charge in [0, 0.05) is 5.02 Å². The van der Waals surface area contributed by atoms with Gasteiger partial charge < -0.3 is 0 Å². The van der Waals surface area contributed by atoms with E-state index in [2.05, 4.69) is 18.2 Å². The van der Waals surface area contributed by atoms with Crippen molar-refractivity contribution in [3.63, 3.8) is 0 Å². The molecule has 3 atom stereocenters. The van der Waals surface area contributed by atoms with Crippen LogP contribution in [0.3, 0.4) is 0 Å². The van der Waals surface area contributed by atoms with Crippen molar-refractivity contribution in [3.05, 3.63) is 46.5 Å². The minimum atomic E-state index is 0.103. The van der Waals surface area contributed by atoms with Gasteiger partial charge in [-0.3, -0.25) is 0 Å². The van der Waals surface area contributed by atoms with E-state index in [-0.39, 0.29) is 5.38 Å². The molecule has 15 heavy (non-hydrogen) atoms. The highest BCUT2D eigenvalue weighted by Crippen LogP contribution is 2.50. The summed E-state index contributed by atoms with van der Waals surface area (Å²) < 4.78 is 0. The predicted octanol–water partition coefficient (Wildman–Crippen LogP) is 4.68. The Morgan fingerprint density at radius 2 is 2.13 bits per heavy atom. The van der Waals surface area contributed by atoms with Crippen LogP contribution in [0, 0.1) is 5.92 Å². The van der Waals surface area contributed by atoms with Crippen molar-refractivity contribution >= 4 is 23.2 Å². The van der Waals surface area contributed by atoms with Crippen molar-refractivity contribution in [3.8, 4) is 0 Å². The zero-order valence-corrected chi connectivity index (χ0v) is 9.80. The van der Waals surface area contributed by atoms with Crippen LogP contribution in [0.15, 0.2) is 30.4 Å². The minimum Gasteiger partial charge on any atom is -0.117 e. The summed E-state index contributed by atoms with van der Waals surface area (Å²) in [5.74, 6) is 1.08. The molecule has 0 spiro atoms. The van der Waals surface area contributed by atoms with Gasteiger partial charge >= 0.3 is 0 Å². The molecule has 2 aliphatic rings. The molecule has 0 heterocycles.